The topological polar surface area (TPSA) is 74.4 Å². The summed E-state index contributed by atoms with van der Waals surface area (Å²) in [6.45, 7) is 6.64. The van der Waals surface area contributed by atoms with Gasteiger partial charge in [0.15, 0.2) is 0 Å². The van der Waals surface area contributed by atoms with E-state index in [2.05, 4.69) is 6.58 Å². The molecule has 7 atom stereocenters. The van der Waals surface area contributed by atoms with Gasteiger partial charge in [-0.25, -0.2) is 0 Å². The van der Waals surface area contributed by atoms with Crippen LogP contribution < -0.4 is 0 Å². The Hall–Kier alpha value is -1.40. The molecule has 0 bridgehead atoms. The molecule has 2 heterocycles. The van der Waals surface area contributed by atoms with E-state index in [-0.39, 0.29) is 24.0 Å². The summed E-state index contributed by atoms with van der Waals surface area (Å²) < 4.78 is 23.5. The molecule has 4 fully saturated rings. The van der Waals surface area contributed by atoms with E-state index in [1.54, 1.807) is 0 Å². The van der Waals surface area contributed by atoms with E-state index in [1.165, 1.54) is 13.8 Å². The molecule has 4 aliphatic rings. The number of esters is 2. The first-order chi connectivity index (χ1) is 11.9. The average molecular weight is 350 g/mol. The molecule has 0 radical (unpaired) electrons. The highest BCUT2D eigenvalue weighted by molar-refractivity contribution is 5.67. The van der Waals surface area contributed by atoms with Crippen LogP contribution in [0.2, 0.25) is 0 Å². The zero-order valence-electron chi connectivity index (χ0n) is 14.9. The molecule has 0 aromatic heterocycles. The van der Waals surface area contributed by atoms with Crippen LogP contribution in [0.15, 0.2) is 12.7 Å². The molecule has 2 aliphatic carbocycles. The number of carbonyl (C=O) groups excluding carboxylic acids is 2. The van der Waals surface area contributed by atoms with Crippen molar-refractivity contribution in [3.8, 4) is 0 Å². The van der Waals surface area contributed by atoms with E-state index in [4.69, 9.17) is 18.9 Å². The Morgan fingerprint density at radius 2 is 2.00 bits per heavy atom. The number of allylic oxidation sites excluding steroid dienone is 1. The fourth-order valence-electron chi connectivity index (χ4n) is 5.67. The van der Waals surface area contributed by atoms with Crippen molar-refractivity contribution in [1.82, 2.24) is 0 Å². The van der Waals surface area contributed by atoms with E-state index >= 15 is 0 Å². The third-order valence-electron chi connectivity index (χ3n) is 6.43. The minimum Gasteiger partial charge on any atom is -0.456 e. The first-order valence-electron chi connectivity index (χ1n) is 9.20. The number of rotatable bonds is 5. The maximum absolute atomic E-state index is 11.9. The molecule has 0 unspecified atom stereocenters. The average Bonchev–Trinajstić information content (AvgIpc) is 3.14. The van der Waals surface area contributed by atoms with E-state index in [9.17, 15) is 9.59 Å². The second kappa shape index (κ2) is 5.81. The van der Waals surface area contributed by atoms with Crippen LogP contribution in [0.5, 0.6) is 0 Å². The molecule has 6 heteroatoms. The Balaban J connectivity index is 1.68. The molecule has 6 nitrogen and oxygen atoms in total. The molecule has 0 aromatic carbocycles. The van der Waals surface area contributed by atoms with Crippen molar-refractivity contribution < 1.29 is 28.5 Å². The van der Waals surface area contributed by atoms with Crippen LogP contribution in [-0.4, -0.2) is 41.6 Å². The van der Waals surface area contributed by atoms with Gasteiger partial charge in [-0.2, -0.15) is 0 Å². The quantitative estimate of drug-likeness (QED) is 0.431. The van der Waals surface area contributed by atoms with Gasteiger partial charge in [0.1, 0.15) is 11.2 Å². The molecule has 2 aliphatic heterocycles. The summed E-state index contributed by atoms with van der Waals surface area (Å²) in [6, 6.07) is 0. The van der Waals surface area contributed by atoms with Gasteiger partial charge in [0.25, 0.3) is 0 Å². The van der Waals surface area contributed by atoms with Crippen LogP contribution in [0, 0.1) is 11.8 Å². The lowest BCUT2D eigenvalue weighted by molar-refractivity contribution is -0.214. The van der Waals surface area contributed by atoms with Crippen LogP contribution in [0.25, 0.3) is 0 Å². The summed E-state index contributed by atoms with van der Waals surface area (Å²) in [5.74, 6) is -0.0549. The van der Waals surface area contributed by atoms with Crippen LogP contribution in [0.1, 0.15) is 52.4 Å². The minimum absolute atomic E-state index is 0.167. The van der Waals surface area contributed by atoms with Crippen molar-refractivity contribution in [3.05, 3.63) is 12.7 Å². The summed E-state index contributed by atoms with van der Waals surface area (Å²) in [5, 5.41) is 0. The Bertz CT molecular complexity index is 603. The Kier molecular flexibility index (Phi) is 3.96. The molecule has 2 saturated carbocycles. The van der Waals surface area contributed by atoms with Gasteiger partial charge in [0, 0.05) is 20.3 Å². The summed E-state index contributed by atoms with van der Waals surface area (Å²) in [5.41, 5.74) is -1.34. The van der Waals surface area contributed by atoms with Crippen molar-refractivity contribution in [2.75, 3.05) is 0 Å². The fourth-order valence-corrected chi connectivity index (χ4v) is 5.67. The minimum atomic E-state index is -0.730. The summed E-state index contributed by atoms with van der Waals surface area (Å²) in [7, 11) is 0. The maximum atomic E-state index is 11.9. The highest BCUT2D eigenvalue weighted by atomic mass is 16.7. The number of fused-ring (bicyclic) bond motifs is 1. The van der Waals surface area contributed by atoms with Gasteiger partial charge in [-0.1, -0.05) is 6.08 Å². The molecule has 0 N–H and O–H groups in total. The number of hydrogen-bond acceptors (Lipinski definition) is 6. The predicted molar refractivity (Wildman–Crippen MR) is 87.4 cm³/mol. The molecular weight excluding hydrogens is 324 g/mol. The third-order valence-corrected chi connectivity index (χ3v) is 6.43. The molecule has 0 amide bonds. The first-order valence-corrected chi connectivity index (χ1v) is 9.20. The molecular formula is C19H26O6. The first kappa shape index (κ1) is 17.0. The molecule has 0 aromatic rings. The van der Waals surface area contributed by atoms with Gasteiger partial charge >= 0.3 is 11.9 Å². The highest BCUT2D eigenvalue weighted by Crippen LogP contribution is 2.66. The standard InChI is InChI=1S/C19H26O6/c1-4-5-6-13-8-18(24-12(3)21)10-17(22-11(2)20)25-19(18)9-16-15(23-16)7-14(13)19/h4,13-17H,1,5-10H2,2-3H3/t13-,14-,15+,16-,17+,18+,19-/m1/s1. The summed E-state index contributed by atoms with van der Waals surface area (Å²) >= 11 is 0. The predicted octanol–water partition coefficient (Wildman–Crippen LogP) is 2.50. The van der Waals surface area contributed by atoms with Gasteiger partial charge in [-0.3, -0.25) is 9.59 Å². The number of hydrogen-bond donors (Lipinski definition) is 0. The molecule has 138 valence electrons. The number of ether oxygens (including phenoxy) is 4. The van der Waals surface area contributed by atoms with Gasteiger partial charge < -0.3 is 18.9 Å². The van der Waals surface area contributed by atoms with Crippen molar-refractivity contribution in [1.29, 1.82) is 0 Å². The molecule has 2 saturated heterocycles. The molecule has 25 heavy (non-hydrogen) atoms. The monoisotopic (exact) mass is 350 g/mol. The van der Waals surface area contributed by atoms with Crippen LogP contribution >= 0.6 is 0 Å². The number of carbonyl (C=O) groups is 2. The molecule has 1 spiro atoms. The van der Waals surface area contributed by atoms with Crippen molar-refractivity contribution >= 4 is 11.9 Å². The lowest BCUT2D eigenvalue weighted by Crippen LogP contribution is -2.55. The van der Waals surface area contributed by atoms with Crippen LogP contribution in [0.3, 0.4) is 0 Å². The van der Waals surface area contributed by atoms with Gasteiger partial charge in [-0.05, 0) is 37.5 Å². The van der Waals surface area contributed by atoms with Crippen LogP contribution in [-0.2, 0) is 28.5 Å². The van der Waals surface area contributed by atoms with Gasteiger partial charge in [0.2, 0.25) is 6.29 Å². The van der Waals surface area contributed by atoms with E-state index in [0.29, 0.717) is 24.9 Å². The number of epoxide rings is 1. The van der Waals surface area contributed by atoms with Crippen LogP contribution in [0.4, 0.5) is 0 Å². The maximum Gasteiger partial charge on any atom is 0.304 e. The zero-order chi connectivity index (χ0) is 17.8. The fraction of sp³-hybridized carbons (Fsp3) is 0.789. The second-order valence-corrected chi connectivity index (χ2v) is 7.93. The van der Waals surface area contributed by atoms with E-state index < -0.39 is 17.5 Å². The Morgan fingerprint density at radius 1 is 1.20 bits per heavy atom. The van der Waals surface area contributed by atoms with E-state index in [0.717, 1.165) is 25.7 Å². The third kappa shape index (κ3) is 2.61. The molecule has 4 rings (SSSR count). The largest absolute Gasteiger partial charge is 0.456 e. The van der Waals surface area contributed by atoms with Gasteiger partial charge in [-0.15, -0.1) is 6.58 Å². The summed E-state index contributed by atoms with van der Waals surface area (Å²) in [6.07, 6.45) is 6.45. The SMILES string of the molecule is C=CCC[C@@H]1C[C@]2(OC(C)=O)C[C@@H](OC(C)=O)O[C@@]23C[C@H]2O[C@H]2C[C@H]13. The normalized spacial score (nSPS) is 46.6. The van der Waals surface area contributed by atoms with Crippen molar-refractivity contribution in [3.63, 3.8) is 0 Å². The van der Waals surface area contributed by atoms with Crippen molar-refractivity contribution in [2.24, 2.45) is 11.8 Å². The Morgan fingerprint density at radius 3 is 2.68 bits per heavy atom. The van der Waals surface area contributed by atoms with E-state index in [1.807, 2.05) is 6.08 Å². The lowest BCUT2D eigenvalue weighted by atomic mass is 9.70. The summed E-state index contributed by atoms with van der Waals surface area (Å²) in [4.78, 5) is 23.4. The zero-order valence-corrected chi connectivity index (χ0v) is 14.9. The Labute approximate surface area is 147 Å². The van der Waals surface area contributed by atoms with Gasteiger partial charge in [0.05, 0.1) is 18.6 Å². The second-order valence-electron chi connectivity index (χ2n) is 7.93. The van der Waals surface area contributed by atoms with Crippen molar-refractivity contribution in [2.45, 2.75) is 82.1 Å². The lowest BCUT2D eigenvalue weighted by Gasteiger charge is -2.43. The smallest absolute Gasteiger partial charge is 0.304 e. The highest BCUT2D eigenvalue weighted by Gasteiger charge is 2.76.